The first-order valence-corrected chi connectivity index (χ1v) is 5.76. The van der Waals surface area contributed by atoms with Crippen LogP contribution in [0, 0.1) is 0 Å². The van der Waals surface area contributed by atoms with Crippen molar-refractivity contribution in [3.8, 4) is 0 Å². The lowest BCUT2D eigenvalue weighted by molar-refractivity contribution is 0.178. The summed E-state index contributed by atoms with van der Waals surface area (Å²) in [6.07, 6.45) is 3.73. The van der Waals surface area contributed by atoms with E-state index in [9.17, 15) is 0 Å². The first-order valence-electron chi connectivity index (χ1n) is 5.76. The standard InChI is InChI=1S/C11H17N7O/c1-18-6-8(5-14-18)4-13-9-3-10(17-12)16-11(15-9)7-19-2/h3,5-6H,4,7,12H2,1-2H3,(H2,13,15,16,17). The Balaban J connectivity index is 2.08. The van der Waals surface area contributed by atoms with Crippen molar-refractivity contribution in [1.29, 1.82) is 0 Å². The fourth-order valence-corrected chi connectivity index (χ4v) is 1.61. The summed E-state index contributed by atoms with van der Waals surface area (Å²) in [4.78, 5) is 8.50. The molecule has 0 aliphatic heterocycles. The molecule has 102 valence electrons. The first kappa shape index (κ1) is 13.2. The van der Waals surface area contributed by atoms with Gasteiger partial charge in [0, 0.05) is 38.5 Å². The highest BCUT2D eigenvalue weighted by Gasteiger charge is 2.04. The second-order valence-electron chi connectivity index (χ2n) is 4.01. The number of nitrogens with two attached hydrogens (primary N) is 1. The van der Waals surface area contributed by atoms with Gasteiger partial charge in [-0.1, -0.05) is 0 Å². The quantitative estimate of drug-likeness (QED) is 0.507. The molecular formula is C11H17N7O. The van der Waals surface area contributed by atoms with E-state index in [0.717, 1.165) is 5.56 Å². The Morgan fingerprint density at radius 2 is 2.16 bits per heavy atom. The van der Waals surface area contributed by atoms with Gasteiger partial charge >= 0.3 is 0 Å². The topological polar surface area (TPSA) is 103 Å². The average Bonchev–Trinajstić information content (AvgIpc) is 2.82. The van der Waals surface area contributed by atoms with Crippen LogP contribution >= 0.6 is 0 Å². The number of hydrogen-bond donors (Lipinski definition) is 3. The number of methoxy groups -OCH3 is 1. The molecule has 2 rings (SSSR count). The van der Waals surface area contributed by atoms with Crippen LogP contribution in [0.4, 0.5) is 11.6 Å². The fourth-order valence-electron chi connectivity index (χ4n) is 1.61. The Bertz CT molecular complexity index is 540. The van der Waals surface area contributed by atoms with Crippen molar-refractivity contribution >= 4 is 11.6 Å². The maximum atomic E-state index is 5.37. The summed E-state index contributed by atoms with van der Waals surface area (Å²) in [5, 5.41) is 7.29. The molecule has 0 saturated carbocycles. The van der Waals surface area contributed by atoms with Gasteiger partial charge in [-0.3, -0.25) is 4.68 Å². The molecule has 0 unspecified atom stereocenters. The van der Waals surface area contributed by atoms with Gasteiger partial charge in [0.1, 0.15) is 18.2 Å². The number of aryl methyl sites for hydroxylation is 1. The smallest absolute Gasteiger partial charge is 0.158 e. The van der Waals surface area contributed by atoms with Crippen LogP contribution in [-0.4, -0.2) is 26.9 Å². The molecule has 8 heteroatoms. The third kappa shape index (κ3) is 3.63. The highest BCUT2D eigenvalue weighted by atomic mass is 16.5. The van der Waals surface area contributed by atoms with Gasteiger partial charge in [0.2, 0.25) is 0 Å². The van der Waals surface area contributed by atoms with Crippen LogP contribution in [0.5, 0.6) is 0 Å². The molecule has 0 amide bonds. The second kappa shape index (κ2) is 6.12. The SMILES string of the molecule is COCc1nc(NN)cc(NCc2cnn(C)c2)n1. The molecule has 0 saturated heterocycles. The Morgan fingerprint density at radius 1 is 1.37 bits per heavy atom. The molecule has 0 radical (unpaired) electrons. The predicted octanol–water partition coefficient (Wildman–Crippen LogP) is 0.254. The predicted molar refractivity (Wildman–Crippen MR) is 71.1 cm³/mol. The number of ether oxygens (including phenoxy) is 1. The van der Waals surface area contributed by atoms with Gasteiger partial charge in [0.25, 0.3) is 0 Å². The van der Waals surface area contributed by atoms with Crippen LogP contribution in [0.1, 0.15) is 11.4 Å². The van der Waals surface area contributed by atoms with Crippen molar-refractivity contribution < 1.29 is 4.74 Å². The van der Waals surface area contributed by atoms with E-state index in [0.29, 0.717) is 30.6 Å². The molecule has 0 spiro atoms. The monoisotopic (exact) mass is 263 g/mol. The lowest BCUT2D eigenvalue weighted by Gasteiger charge is -2.08. The van der Waals surface area contributed by atoms with Crippen molar-refractivity contribution in [2.24, 2.45) is 12.9 Å². The number of nitrogen functional groups attached to an aromatic ring is 1. The van der Waals surface area contributed by atoms with E-state index in [4.69, 9.17) is 10.6 Å². The van der Waals surface area contributed by atoms with E-state index in [1.807, 2.05) is 13.2 Å². The molecule has 0 fully saturated rings. The van der Waals surface area contributed by atoms with Crippen molar-refractivity contribution in [2.45, 2.75) is 13.2 Å². The minimum atomic E-state index is 0.330. The van der Waals surface area contributed by atoms with Crippen LogP contribution in [0.3, 0.4) is 0 Å². The zero-order chi connectivity index (χ0) is 13.7. The molecular weight excluding hydrogens is 246 g/mol. The van der Waals surface area contributed by atoms with E-state index in [2.05, 4.69) is 25.8 Å². The minimum absolute atomic E-state index is 0.330. The van der Waals surface area contributed by atoms with Gasteiger partial charge in [0.05, 0.1) is 6.20 Å². The summed E-state index contributed by atoms with van der Waals surface area (Å²) in [5.41, 5.74) is 3.57. The normalized spacial score (nSPS) is 10.5. The third-order valence-electron chi connectivity index (χ3n) is 2.43. The van der Waals surface area contributed by atoms with E-state index < -0.39 is 0 Å². The van der Waals surface area contributed by atoms with E-state index >= 15 is 0 Å². The second-order valence-corrected chi connectivity index (χ2v) is 4.01. The van der Waals surface area contributed by atoms with Crippen LogP contribution < -0.4 is 16.6 Å². The lowest BCUT2D eigenvalue weighted by Crippen LogP contribution is -2.12. The Labute approximate surface area is 111 Å². The Morgan fingerprint density at radius 3 is 2.79 bits per heavy atom. The summed E-state index contributed by atoms with van der Waals surface area (Å²) in [6.45, 7) is 0.957. The Kier molecular flexibility index (Phi) is 4.26. The highest BCUT2D eigenvalue weighted by Crippen LogP contribution is 2.12. The van der Waals surface area contributed by atoms with Crippen LogP contribution in [0.25, 0.3) is 0 Å². The van der Waals surface area contributed by atoms with E-state index in [-0.39, 0.29) is 0 Å². The maximum Gasteiger partial charge on any atom is 0.158 e. The number of hydrogen-bond acceptors (Lipinski definition) is 7. The summed E-state index contributed by atoms with van der Waals surface area (Å²) in [7, 11) is 3.47. The van der Waals surface area contributed by atoms with E-state index in [1.54, 1.807) is 24.1 Å². The van der Waals surface area contributed by atoms with Gasteiger partial charge < -0.3 is 15.5 Å². The van der Waals surface area contributed by atoms with Gasteiger partial charge in [-0.15, -0.1) is 0 Å². The van der Waals surface area contributed by atoms with Crippen LogP contribution in [-0.2, 0) is 24.9 Å². The third-order valence-corrected chi connectivity index (χ3v) is 2.43. The summed E-state index contributed by atoms with van der Waals surface area (Å²) in [6, 6.07) is 1.73. The minimum Gasteiger partial charge on any atom is -0.377 e. The van der Waals surface area contributed by atoms with Gasteiger partial charge in [0.15, 0.2) is 5.82 Å². The summed E-state index contributed by atoms with van der Waals surface area (Å²) in [5.74, 6) is 7.15. The molecule has 2 heterocycles. The van der Waals surface area contributed by atoms with Crippen molar-refractivity contribution in [3.05, 3.63) is 29.8 Å². The maximum absolute atomic E-state index is 5.37. The number of aromatic nitrogens is 4. The number of nitrogens with zero attached hydrogens (tertiary/aromatic N) is 4. The van der Waals surface area contributed by atoms with Crippen LogP contribution in [0.15, 0.2) is 18.5 Å². The van der Waals surface area contributed by atoms with E-state index in [1.165, 1.54) is 0 Å². The largest absolute Gasteiger partial charge is 0.377 e. The van der Waals surface area contributed by atoms with Gasteiger partial charge in [-0.2, -0.15) is 5.10 Å². The molecule has 0 aliphatic rings. The van der Waals surface area contributed by atoms with Crippen molar-refractivity contribution in [3.63, 3.8) is 0 Å². The average molecular weight is 263 g/mol. The Hall–Kier alpha value is -2.19. The zero-order valence-electron chi connectivity index (χ0n) is 10.9. The summed E-state index contributed by atoms with van der Waals surface area (Å²) < 4.78 is 6.76. The van der Waals surface area contributed by atoms with Crippen molar-refractivity contribution in [2.75, 3.05) is 17.9 Å². The number of nitrogens with one attached hydrogen (secondary N) is 2. The molecule has 8 nitrogen and oxygen atoms in total. The zero-order valence-corrected chi connectivity index (χ0v) is 10.9. The highest BCUT2D eigenvalue weighted by molar-refractivity contribution is 5.47. The molecule has 4 N–H and O–H groups in total. The molecule has 0 aromatic carbocycles. The molecule has 0 aliphatic carbocycles. The fraction of sp³-hybridized carbons (Fsp3) is 0.364. The number of hydrazine groups is 1. The van der Waals surface area contributed by atoms with Gasteiger partial charge in [-0.05, 0) is 0 Å². The molecule has 0 bridgehead atoms. The number of rotatable bonds is 6. The van der Waals surface area contributed by atoms with Crippen LogP contribution in [0.2, 0.25) is 0 Å². The molecule has 2 aromatic rings. The molecule has 19 heavy (non-hydrogen) atoms. The van der Waals surface area contributed by atoms with Gasteiger partial charge in [-0.25, -0.2) is 15.8 Å². The first-order chi connectivity index (χ1) is 9.21. The van der Waals surface area contributed by atoms with Crippen molar-refractivity contribution in [1.82, 2.24) is 19.7 Å². The molecule has 2 aromatic heterocycles. The lowest BCUT2D eigenvalue weighted by atomic mass is 10.3. The molecule has 0 atom stereocenters. The number of anilines is 2. The summed E-state index contributed by atoms with van der Waals surface area (Å²) >= 11 is 0.